The molecule has 0 aliphatic carbocycles. The van der Waals surface area contributed by atoms with Crippen LogP contribution in [0.1, 0.15) is 38.2 Å². The molecule has 2 aromatic rings. The smallest absolute Gasteiger partial charge is 0.225 e. The normalized spacial score (nSPS) is 16.4. The zero-order chi connectivity index (χ0) is 17.8. The Kier molecular flexibility index (Phi) is 5.03. The van der Waals surface area contributed by atoms with E-state index in [9.17, 15) is 9.18 Å². The lowest BCUT2D eigenvalue weighted by molar-refractivity contribution is -0.119. The molecule has 1 N–H and O–H groups in total. The van der Waals surface area contributed by atoms with E-state index < -0.39 is 0 Å². The van der Waals surface area contributed by atoms with Gasteiger partial charge in [-0.1, -0.05) is 38.1 Å². The minimum Gasteiger partial charge on any atom is -0.313 e. The van der Waals surface area contributed by atoms with Crippen molar-refractivity contribution in [3.05, 3.63) is 59.9 Å². The molecule has 4 nitrogen and oxygen atoms in total. The Morgan fingerprint density at radius 3 is 2.28 bits per heavy atom. The number of halogens is 1. The molecule has 1 atom stereocenters. The van der Waals surface area contributed by atoms with Crippen LogP contribution in [0, 0.1) is 5.82 Å². The van der Waals surface area contributed by atoms with Gasteiger partial charge in [0.05, 0.1) is 17.3 Å². The fourth-order valence-electron chi connectivity index (χ4n) is 2.84. The molecule has 1 aliphatic rings. The first-order valence-electron chi connectivity index (χ1n) is 8.42. The van der Waals surface area contributed by atoms with Gasteiger partial charge in [0.25, 0.3) is 0 Å². The third kappa shape index (κ3) is 3.65. The fraction of sp³-hybridized carbons (Fsp3) is 0.250. The van der Waals surface area contributed by atoms with E-state index in [1.807, 2.05) is 31.2 Å². The SMILES string of the molecule is CCC(=O)NC1=Nc2ccccc2N=C(CC)[C@@H]1c1ccc(F)cc1. The van der Waals surface area contributed by atoms with Crippen molar-refractivity contribution >= 4 is 28.8 Å². The van der Waals surface area contributed by atoms with Gasteiger partial charge in [-0.15, -0.1) is 0 Å². The minimum atomic E-state index is -0.312. The van der Waals surface area contributed by atoms with Gasteiger partial charge in [-0.25, -0.2) is 9.38 Å². The third-order valence-corrected chi connectivity index (χ3v) is 4.15. The molecule has 0 radical (unpaired) electrons. The monoisotopic (exact) mass is 337 g/mol. The number of benzene rings is 2. The van der Waals surface area contributed by atoms with Gasteiger partial charge < -0.3 is 5.32 Å². The van der Waals surface area contributed by atoms with Crippen molar-refractivity contribution in [3.63, 3.8) is 0 Å². The van der Waals surface area contributed by atoms with Crippen molar-refractivity contribution in [1.29, 1.82) is 0 Å². The Labute approximate surface area is 146 Å². The number of rotatable bonds is 3. The zero-order valence-corrected chi connectivity index (χ0v) is 14.3. The number of amides is 1. The molecule has 1 amide bonds. The molecule has 1 aliphatic heterocycles. The quantitative estimate of drug-likeness (QED) is 0.870. The predicted molar refractivity (Wildman–Crippen MR) is 98.5 cm³/mol. The van der Waals surface area contributed by atoms with Crippen LogP contribution >= 0.6 is 0 Å². The number of nitrogens with one attached hydrogen (secondary N) is 1. The van der Waals surface area contributed by atoms with Crippen molar-refractivity contribution in [2.24, 2.45) is 9.98 Å². The summed E-state index contributed by atoms with van der Waals surface area (Å²) in [5, 5.41) is 2.91. The highest BCUT2D eigenvalue weighted by molar-refractivity contribution is 6.17. The molecule has 0 saturated heterocycles. The summed E-state index contributed by atoms with van der Waals surface area (Å²) in [5.41, 5.74) is 3.22. The summed E-state index contributed by atoms with van der Waals surface area (Å²) in [6, 6.07) is 13.8. The molecule has 5 heteroatoms. The average Bonchev–Trinajstić information content (AvgIpc) is 2.78. The van der Waals surface area contributed by atoms with Crippen molar-refractivity contribution in [2.45, 2.75) is 32.6 Å². The molecule has 128 valence electrons. The second kappa shape index (κ2) is 7.38. The van der Waals surface area contributed by atoms with E-state index in [2.05, 4.69) is 10.3 Å². The summed E-state index contributed by atoms with van der Waals surface area (Å²) in [5.74, 6) is -0.190. The number of carbonyl (C=O) groups is 1. The first kappa shape index (κ1) is 17.0. The molecule has 0 bridgehead atoms. The maximum atomic E-state index is 13.4. The van der Waals surface area contributed by atoms with Crippen LogP contribution in [0.3, 0.4) is 0 Å². The van der Waals surface area contributed by atoms with E-state index >= 15 is 0 Å². The number of fused-ring (bicyclic) bond motifs is 1. The number of para-hydroxylation sites is 2. The third-order valence-electron chi connectivity index (χ3n) is 4.15. The minimum absolute atomic E-state index is 0.110. The zero-order valence-electron chi connectivity index (χ0n) is 14.3. The maximum absolute atomic E-state index is 13.4. The topological polar surface area (TPSA) is 53.8 Å². The van der Waals surface area contributed by atoms with Crippen molar-refractivity contribution < 1.29 is 9.18 Å². The van der Waals surface area contributed by atoms with Gasteiger partial charge >= 0.3 is 0 Å². The van der Waals surface area contributed by atoms with Crippen molar-refractivity contribution in [2.75, 3.05) is 0 Å². The van der Waals surface area contributed by atoms with Crippen LogP contribution in [0.4, 0.5) is 15.8 Å². The highest BCUT2D eigenvalue weighted by Crippen LogP contribution is 2.35. The van der Waals surface area contributed by atoms with E-state index in [-0.39, 0.29) is 17.6 Å². The first-order chi connectivity index (χ1) is 12.1. The summed E-state index contributed by atoms with van der Waals surface area (Å²) in [6.45, 7) is 3.81. The number of hydrogen-bond donors (Lipinski definition) is 1. The summed E-state index contributed by atoms with van der Waals surface area (Å²) in [6.07, 6.45) is 1.05. The fourth-order valence-corrected chi connectivity index (χ4v) is 2.84. The number of carbonyl (C=O) groups excluding carboxylic acids is 1. The Balaban J connectivity index is 2.17. The maximum Gasteiger partial charge on any atom is 0.225 e. The summed E-state index contributed by atoms with van der Waals surface area (Å²) in [4.78, 5) is 21.5. The van der Waals surface area contributed by atoms with Gasteiger partial charge in [0.15, 0.2) is 0 Å². The van der Waals surface area contributed by atoms with Gasteiger partial charge in [0, 0.05) is 12.1 Å². The molecule has 0 aromatic heterocycles. The molecule has 0 fully saturated rings. The van der Waals surface area contributed by atoms with E-state index in [1.165, 1.54) is 12.1 Å². The molecular weight excluding hydrogens is 317 g/mol. The van der Waals surface area contributed by atoms with Crippen LogP contribution in [-0.2, 0) is 4.79 Å². The number of nitrogens with zero attached hydrogens (tertiary/aromatic N) is 2. The lowest BCUT2D eigenvalue weighted by Crippen LogP contribution is -2.37. The van der Waals surface area contributed by atoms with E-state index in [4.69, 9.17) is 4.99 Å². The number of hydrogen-bond acceptors (Lipinski definition) is 3. The van der Waals surface area contributed by atoms with Crippen LogP contribution in [-0.4, -0.2) is 17.5 Å². The lowest BCUT2D eigenvalue weighted by Gasteiger charge is -2.20. The van der Waals surface area contributed by atoms with Crippen molar-refractivity contribution in [3.8, 4) is 0 Å². The Hall–Kier alpha value is -2.82. The molecular formula is C20H20FN3O. The highest BCUT2D eigenvalue weighted by atomic mass is 19.1. The van der Waals surface area contributed by atoms with Gasteiger partial charge in [-0.3, -0.25) is 9.79 Å². The average molecular weight is 337 g/mol. The Morgan fingerprint density at radius 2 is 1.68 bits per heavy atom. The summed E-state index contributed by atoms with van der Waals surface area (Å²) in [7, 11) is 0. The van der Waals surface area contributed by atoms with Gasteiger partial charge in [-0.2, -0.15) is 0 Å². The molecule has 25 heavy (non-hydrogen) atoms. The molecule has 0 spiro atoms. The van der Waals surface area contributed by atoms with Gasteiger partial charge in [0.1, 0.15) is 11.7 Å². The number of aliphatic imine (C=N–C) groups is 2. The first-order valence-corrected chi connectivity index (χ1v) is 8.42. The van der Waals surface area contributed by atoms with Crippen LogP contribution in [0.2, 0.25) is 0 Å². The Bertz CT molecular complexity index is 840. The molecule has 1 heterocycles. The molecule has 0 unspecified atom stereocenters. The second-order valence-electron chi connectivity index (χ2n) is 5.83. The van der Waals surface area contributed by atoms with Crippen LogP contribution in [0.5, 0.6) is 0 Å². The lowest BCUT2D eigenvalue weighted by atomic mass is 9.91. The molecule has 3 rings (SSSR count). The molecule has 0 saturated carbocycles. The van der Waals surface area contributed by atoms with E-state index in [0.717, 1.165) is 17.0 Å². The molecule has 2 aromatic carbocycles. The highest BCUT2D eigenvalue weighted by Gasteiger charge is 2.27. The largest absolute Gasteiger partial charge is 0.313 e. The Morgan fingerprint density at radius 1 is 1.04 bits per heavy atom. The van der Waals surface area contributed by atoms with Crippen LogP contribution in [0.25, 0.3) is 0 Å². The summed E-state index contributed by atoms with van der Waals surface area (Å²) < 4.78 is 13.4. The van der Waals surface area contributed by atoms with Crippen LogP contribution < -0.4 is 5.32 Å². The van der Waals surface area contributed by atoms with Gasteiger partial charge in [0.2, 0.25) is 5.91 Å². The van der Waals surface area contributed by atoms with Gasteiger partial charge in [-0.05, 0) is 36.2 Å². The van der Waals surface area contributed by atoms with E-state index in [0.29, 0.717) is 24.4 Å². The van der Waals surface area contributed by atoms with Crippen LogP contribution in [0.15, 0.2) is 58.5 Å². The second-order valence-corrected chi connectivity index (χ2v) is 5.83. The van der Waals surface area contributed by atoms with E-state index in [1.54, 1.807) is 19.1 Å². The summed E-state index contributed by atoms with van der Waals surface area (Å²) >= 11 is 0. The number of amidine groups is 1. The van der Waals surface area contributed by atoms with Crippen molar-refractivity contribution in [1.82, 2.24) is 5.32 Å². The predicted octanol–water partition coefficient (Wildman–Crippen LogP) is 4.66. The standard InChI is InChI=1S/C20H20FN3O/c1-3-15-19(13-9-11-14(21)12-10-13)20(24-18(25)4-2)23-17-8-6-5-7-16(17)22-15/h5-12,19H,3-4H2,1-2H3,(H,23,24,25)/t19-/m0/s1.